The van der Waals surface area contributed by atoms with Crippen LogP contribution in [0.2, 0.25) is 0 Å². The lowest BCUT2D eigenvalue weighted by atomic mass is 9.77. The molecule has 1 aromatic rings. The predicted octanol–water partition coefficient (Wildman–Crippen LogP) is 3.09. The molecule has 5 nitrogen and oxygen atoms in total. The van der Waals surface area contributed by atoms with Crippen molar-refractivity contribution in [3.63, 3.8) is 0 Å². The molecule has 1 atom stereocenters. The molecular weight excluding hydrogens is 374 g/mol. The normalized spacial score (nSPS) is 24.9. The average Bonchev–Trinajstić information content (AvgIpc) is 2.73. The number of nitrogens with one attached hydrogen (secondary N) is 1. The van der Waals surface area contributed by atoms with Crippen molar-refractivity contribution in [3.05, 3.63) is 35.9 Å². The summed E-state index contributed by atoms with van der Waals surface area (Å²) in [5.41, 5.74) is 6.89. The summed E-state index contributed by atoms with van der Waals surface area (Å²) >= 11 is 0. The molecule has 3 N–H and O–H groups in total. The van der Waals surface area contributed by atoms with Crippen molar-refractivity contribution in [3.8, 4) is 0 Å². The summed E-state index contributed by atoms with van der Waals surface area (Å²) in [6.45, 7) is 2.31. The Bertz CT molecular complexity index is 617. The van der Waals surface area contributed by atoms with Crippen LogP contribution in [0.1, 0.15) is 56.4 Å². The van der Waals surface area contributed by atoms with Gasteiger partial charge in [-0.15, -0.1) is 12.4 Å². The summed E-state index contributed by atoms with van der Waals surface area (Å²) in [4.78, 5) is 26.9. The largest absolute Gasteiger partial charge is 0.355 e. The highest BCUT2D eigenvalue weighted by atomic mass is 35.5. The molecule has 1 heterocycles. The molecule has 2 amide bonds. The van der Waals surface area contributed by atoms with E-state index in [9.17, 15) is 9.59 Å². The molecule has 1 aromatic carbocycles. The molecule has 28 heavy (non-hydrogen) atoms. The lowest BCUT2D eigenvalue weighted by Gasteiger charge is -2.34. The Labute approximate surface area is 174 Å². The first-order valence-electron chi connectivity index (χ1n) is 10.5. The maximum Gasteiger partial charge on any atom is 0.224 e. The Morgan fingerprint density at radius 1 is 1.07 bits per heavy atom. The zero-order valence-electron chi connectivity index (χ0n) is 16.6. The number of nitrogens with two attached hydrogens (primary N) is 1. The summed E-state index contributed by atoms with van der Waals surface area (Å²) < 4.78 is 0. The third kappa shape index (κ3) is 6.21. The minimum atomic E-state index is -0.0805. The third-order valence-electron chi connectivity index (χ3n) is 6.17. The maximum atomic E-state index is 12.8. The second-order valence-electron chi connectivity index (χ2n) is 8.09. The number of rotatable bonds is 6. The van der Waals surface area contributed by atoms with E-state index in [0.717, 1.165) is 32.2 Å². The minimum absolute atomic E-state index is 0. The van der Waals surface area contributed by atoms with E-state index in [1.165, 1.54) is 18.4 Å². The van der Waals surface area contributed by atoms with Crippen LogP contribution >= 0.6 is 12.4 Å². The van der Waals surface area contributed by atoms with Gasteiger partial charge in [0.2, 0.25) is 11.8 Å². The average molecular weight is 408 g/mol. The first-order chi connectivity index (χ1) is 13.2. The molecule has 1 aliphatic heterocycles. The summed E-state index contributed by atoms with van der Waals surface area (Å²) in [5, 5.41) is 2.86. The molecule has 1 aliphatic carbocycles. The molecule has 1 saturated heterocycles. The van der Waals surface area contributed by atoms with Gasteiger partial charge < -0.3 is 16.0 Å². The molecule has 2 fully saturated rings. The number of hydrogen-bond donors (Lipinski definition) is 2. The molecule has 0 spiro atoms. The molecule has 1 saturated carbocycles. The minimum Gasteiger partial charge on any atom is -0.355 e. The number of benzene rings is 1. The SMILES string of the molecule is Cl.NCCNC(=O)C1CCCN(C(=O)CC2CCC(c3ccccc3)CC2)C1. The van der Waals surface area contributed by atoms with Crippen molar-refractivity contribution in [2.24, 2.45) is 17.6 Å². The van der Waals surface area contributed by atoms with E-state index in [1.807, 2.05) is 4.90 Å². The smallest absolute Gasteiger partial charge is 0.224 e. The van der Waals surface area contributed by atoms with Gasteiger partial charge in [0.05, 0.1) is 5.92 Å². The fourth-order valence-corrected chi connectivity index (χ4v) is 4.56. The fourth-order valence-electron chi connectivity index (χ4n) is 4.56. The lowest BCUT2D eigenvalue weighted by molar-refractivity contribution is -0.136. The van der Waals surface area contributed by atoms with E-state index in [1.54, 1.807) is 0 Å². The van der Waals surface area contributed by atoms with Gasteiger partial charge in [0.15, 0.2) is 0 Å². The summed E-state index contributed by atoms with van der Waals surface area (Å²) in [6, 6.07) is 10.7. The number of likely N-dealkylation sites (tertiary alicyclic amines) is 1. The van der Waals surface area contributed by atoms with Gasteiger partial charge in [-0.2, -0.15) is 0 Å². The lowest BCUT2D eigenvalue weighted by Crippen LogP contribution is -2.46. The number of piperidine rings is 1. The highest BCUT2D eigenvalue weighted by molar-refractivity contribution is 5.85. The summed E-state index contributed by atoms with van der Waals surface area (Å²) in [5.74, 6) is 1.32. The molecule has 156 valence electrons. The first kappa shape index (κ1) is 22.7. The monoisotopic (exact) mass is 407 g/mol. The van der Waals surface area contributed by atoms with Crippen LogP contribution in [0.3, 0.4) is 0 Å². The Morgan fingerprint density at radius 3 is 2.46 bits per heavy atom. The third-order valence-corrected chi connectivity index (χ3v) is 6.17. The number of amides is 2. The fraction of sp³-hybridized carbons (Fsp3) is 0.636. The highest BCUT2D eigenvalue weighted by Gasteiger charge is 2.30. The Balaban J connectivity index is 0.00000280. The molecule has 0 bridgehead atoms. The van der Waals surface area contributed by atoms with Crippen LogP contribution in [-0.2, 0) is 9.59 Å². The molecule has 0 aromatic heterocycles. The molecule has 3 rings (SSSR count). The van der Waals surface area contributed by atoms with E-state index in [4.69, 9.17) is 5.73 Å². The van der Waals surface area contributed by atoms with E-state index in [2.05, 4.69) is 35.6 Å². The zero-order chi connectivity index (χ0) is 19.1. The van der Waals surface area contributed by atoms with Gasteiger partial charge in [0, 0.05) is 32.6 Å². The van der Waals surface area contributed by atoms with E-state index in [-0.39, 0.29) is 30.1 Å². The van der Waals surface area contributed by atoms with Crippen molar-refractivity contribution in [2.45, 2.75) is 50.9 Å². The standard InChI is InChI=1S/C22H33N3O2.ClH/c23-12-13-24-22(27)20-7-4-14-25(16-20)21(26)15-17-8-10-19(11-9-17)18-5-2-1-3-6-18;/h1-3,5-6,17,19-20H,4,7-16,23H2,(H,24,27);1H. The van der Waals surface area contributed by atoms with Crippen molar-refractivity contribution < 1.29 is 9.59 Å². The first-order valence-corrected chi connectivity index (χ1v) is 10.5. The van der Waals surface area contributed by atoms with Crippen molar-refractivity contribution in [1.82, 2.24) is 10.2 Å². The van der Waals surface area contributed by atoms with Crippen LogP contribution < -0.4 is 11.1 Å². The van der Waals surface area contributed by atoms with Gasteiger partial charge in [0.25, 0.3) is 0 Å². The van der Waals surface area contributed by atoms with Crippen molar-refractivity contribution in [2.75, 3.05) is 26.2 Å². The van der Waals surface area contributed by atoms with Gasteiger partial charge in [-0.25, -0.2) is 0 Å². The molecule has 0 radical (unpaired) electrons. The van der Waals surface area contributed by atoms with Crippen LogP contribution in [0.15, 0.2) is 30.3 Å². The molecule has 1 unspecified atom stereocenters. The second-order valence-corrected chi connectivity index (χ2v) is 8.09. The van der Waals surface area contributed by atoms with Gasteiger partial charge in [-0.1, -0.05) is 30.3 Å². The second kappa shape index (κ2) is 11.4. The van der Waals surface area contributed by atoms with Gasteiger partial charge in [0.1, 0.15) is 0 Å². The number of hydrogen-bond acceptors (Lipinski definition) is 3. The van der Waals surface area contributed by atoms with Gasteiger partial charge in [-0.05, 0) is 55.9 Å². The van der Waals surface area contributed by atoms with Crippen molar-refractivity contribution in [1.29, 1.82) is 0 Å². The van der Waals surface area contributed by atoms with E-state index >= 15 is 0 Å². The zero-order valence-corrected chi connectivity index (χ0v) is 17.5. The number of nitrogens with zero attached hydrogens (tertiary/aromatic N) is 1. The van der Waals surface area contributed by atoms with Gasteiger partial charge in [-0.3, -0.25) is 9.59 Å². The summed E-state index contributed by atoms with van der Waals surface area (Å²) in [7, 11) is 0. The number of carbonyl (C=O) groups excluding carboxylic acids is 2. The Hall–Kier alpha value is -1.59. The predicted molar refractivity (Wildman–Crippen MR) is 114 cm³/mol. The van der Waals surface area contributed by atoms with Crippen LogP contribution in [0.25, 0.3) is 0 Å². The topological polar surface area (TPSA) is 75.4 Å². The Kier molecular flexibility index (Phi) is 9.26. The Morgan fingerprint density at radius 2 is 1.79 bits per heavy atom. The van der Waals surface area contributed by atoms with Gasteiger partial charge >= 0.3 is 0 Å². The number of carbonyl (C=O) groups is 2. The van der Waals surface area contributed by atoms with Crippen molar-refractivity contribution >= 4 is 24.2 Å². The van der Waals surface area contributed by atoms with Crippen LogP contribution in [0.5, 0.6) is 0 Å². The maximum absolute atomic E-state index is 12.8. The van der Waals surface area contributed by atoms with E-state index in [0.29, 0.717) is 37.9 Å². The molecular formula is C22H34ClN3O2. The number of halogens is 1. The van der Waals surface area contributed by atoms with Crippen LogP contribution in [-0.4, -0.2) is 42.9 Å². The molecule has 2 aliphatic rings. The summed E-state index contributed by atoms with van der Waals surface area (Å²) in [6.07, 6.45) is 7.01. The highest BCUT2D eigenvalue weighted by Crippen LogP contribution is 2.37. The molecule has 6 heteroatoms. The van der Waals surface area contributed by atoms with E-state index < -0.39 is 0 Å². The quantitative estimate of drug-likeness (QED) is 0.760. The van der Waals surface area contributed by atoms with Crippen LogP contribution in [0.4, 0.5) is 0 Å². The van der Waals surface area contributed by atoms with Crippen LogP contribution in [0, 0.1) is 11.8 Å².